The maximum atomic E-state index is 13.0. The van der Waals surface area contributed by atoms with E-state index in [1.165, 1.54) is 5.56 Å². The number of hydrogen-bond donors (Lipinski definition) is 3. The number of hydroxylamine groups is 1. The molecule has 2 aromatic carbocycles. The highest BCUT2D eigenvalue weighted by Gasteiger charge is 2.28. The van der Waals surface area contributed by atoms with Crippen molar-refractivity contribution < 1.29 is 19.2 Å². The van der Waals surface area contributed by atoms with Gasteiger partial charge < -0.3 is 10.6 Å². The number of carbonyl (C=O) groups excluding carboxylic acids is 3. The van der Waals surface area contributed by atoms with E-state index in [0.29, 0.717) is 6.42 Å². The summed E-state index contributed by atoms with van der Waals surface area (Å²) in [5.41, 5.74) is 4.55. The molecule has 2 atom stereocenters. The van der Waals surface area contributed by atoms with Gasteiger partial charge in [0, 0.05) is 19.4 Å². The molecule has 0 unspecified atom stereocenters. The predicted molar refractivity (Wildman–Crippen MR) is 128 cm³/mol. The van der Waals surface area contributed by atoms with E-state index in [4.69, 9.17) is 4.84 Å². The Labute approximate surface area is 196 Å². The molecule has 0 aliphatic heterocycles. The van der Waals surface area contributed by atoms with Crippen molar-refractivity contribution in [3.05, 3.63) is 71.8 Å². The first-order chi connectivity index (χ1) is 15.9. The van der Waals surface area contributed by atoms with Crippen molar-refractivity contribution in [3.63, 3.8) is 0 Å². The molecular weight excluding hydrogens is 418 g/mol. The first-order valence-corrected chi connectivity index (χ1v) is 11.4. The normalized spacial score (nSPS) is 12.6. The van der Waals surface area contributed by atoms with Gasteiger partial charge in [-0.1, -0.05) is 74.5 Å². The topological polar surface area (TPSA) is 96.5 Å². The van der Waals surface area contributed by atoms with Gasteiger partial charge in [0.15, 0.2) is 0 Å². The van der Waals surface area contributed by atoms with Crippen LogP contribution >= 0.6 is 0 Å². The molecule has 7 nitrogen and oxygen atoms in total. The van der Waals surface area contributed by atoms with Gasteiger partial charge in [0.2, 0.25) is 17.7 Å². The number of amides is 3. The van der Waals surface area contributed by atoms with Crippen LogP contribution in [0.5, 0.6) is 0 Å². The lowest BCUT2D eigenvalue weighted by molar-refractivity contribution is -0.139. The lowest BCUT2D eigenvalue weighted by Crippen LogP contribution is -2.50. The third-order valence-electron chi connectivity index (χ3n) is 5.42. The fourth-order valence-corrected chi connectivity index (χ4v) is 3.52. The molecule has 0 fully saturated rings. The third-order valence-corrected chi connectivity index (χ3v) is 5.42. The van der Waals surface area contributed by atoms with E-state index in [1.54, 1.807) is 7.05 Å². The molecular formula is C26H35N3O4. The van der Waals surface area contributed by atoms with Crippen molar-refractivity contribution in [2.24, 2.45) is 11.8 Å². The molecule has 0 saturated heterocycles. The molecule has 178 valence electrons. The first-order valence-electron chi connectivity index (χ1n) is 11.4. The summed E-state index contributed by atoms with van der Waals surface area (Å²) in [6, 6.07) is 18.8. The Morgan fingerprint density at radius 1 is 0.879 bits per heavy atom. The number of rotatable bonds is 13. The molecule has 0 aromatic heterocycles. The van der Waals surface area contributed by atoms with Crippen LogP contribution in [0.3, 0.4) is 0 Å². The summed E-state index contributed by atoms with van der Waals surface area (Å²) in [4.78, 5) is 43.0. The van der Waals surface area contributed by atoms with Gasteiger partial charge in [0.05, 0.1) is 6.61 Å². The molecule has 0 radical (unpaired) electrons. The molecule has 2 rings (SSSR count). The summed E-state index contributed by atoms with van der Waals surface area (Å²) in [5, 5.41) is 5.42. The molecule has 0 bridgehead atoms. The molecule has 0 saturated carbocycles. The van der Waals surface area contributed by atoms with Gasteiger partial charge in [0.25, 0.3) is 0 Å². The molecule has 0 spiro atoms. The Bertz CT molecular complexity index is 872. The van der Waals surface area contributed by atoms with Crippen molar-refractivity contribution in [2.45, 2.75) is 52.2 Å². The highest BCUT2D eigenvalue weighted by molar-refractivity contribution is 5.90. The lowest BCUT2D eigenvalue weighted by Gasteiger charge is -2.24. The van der Waals surface area contributed by atoms with E-state index < -0.39 is 12.0 Å². The molecule has 7 heteroatoms. The number of likely N-dealkylation sites (N-methyl/N-ethyl adjacent to an activating group) is 1. The second kappa shape index (κ2) is 14.1. The van der Waals surface area contributed by atoms with Crippen LogP contribution in [-0.4, -0.2) is 30.8 Å². The molecule has 0 aliphatic rings. The Morgan fingerprint density at radius 2 is 1.48 bits per heavy atom. The van der Waals surface area contributed by atoms with E-state index in [1.807, 2.05) is 74.5 Å². The van der Waals surface area contributed by atoms with E-state index in [9.17, 15) is 14.4 Å². The number of benzene rings is 2. The largest absolute Gasteiger partial charge is 0.357 e. The molecule has 33 heavy (non-hydrogen) atoms. The summed E-state index contributed by atoms with van der Waals surface area (Å²) < 4.78 is 0. The Morgan fingerprint density at radius 3 is 2.06 bits per heavy atom. The Balaban J connectivity index is 1.96. The maximum Gasteiger partial charge on any atom is 0.244 e. The van der Waals surface area contributed by atoms with Crippen LogP contribution in [0.2, 0.25) is 0 Å². The van der Waals surface area contributed by atoms with Gasteiger partial charge in [0.1, 0.15) is 6.04 Å². The first kappa shape index (κ1) is 26.1. The quantitative estimate of drug-likeness (QED) is 0.406. The van der Waals surface area contributed by atoms with Crippen molar-refractivity contribution in [3.8, 4) is 0 Å². The number of hydrogen-bond acceptors (Lipinski definition) is 4. The van der Waals surface area contributed by atoms with E-state index in [-0.39, 0.29) is 36.7 Å². The smallest absolute Gasteiger partial charge is 0.244 e. The maximum absolute atomic E-state index is 13.0. The van der Waals surface area contributed by atoms with Crippen molar-refractivity contribution >= 4 is 17.7 Å². The highest BCUT2D eigenvalue weighted by Crippen LogP contribution is 2.16. The summed E-state index contributed by atoms with van der Waals surface area (Å²) in [6.45, 7) is 3.98. The van der Waals surface area contributed by atoms with Gasteiger partial charge in [-0.3, -0.25) is 19.2 Å². The summed E-state index contributed by atoms with van der Waals surface area (Å²) in [5.74, 6) is -1.57. The van der Waals surface area contributed by atoms with E-state index in [0.717, 1.165) is 18.4 Å². The van der Waals surface area contributed by atoms with Crippen LogP contribution in [0.1, 0.15) is 44.2 Å². The summed E-state index contributed by atoms with van der Waals surface area (Å²) >= 11 is 0. The van der Waals surface area contributed by atoms with Gasteiger partial charge >= 0.3 is 0 Å². The standard InChI is InChI=1S/C26H35N3O4/c1-19(2)24(26(32)27-3)28-25(31)22(16-10-15-20-11-6-4-7-12-20)17-23(30)29-33-18-21-13-8-5-9-14-21/h4-9,11-14,19,22,24H,10,15-18H2,1-3H3,(H,27,32)(H,28,31)(H,29,30)/t22-,24+/m1/s1. The Kier molecular flexibility index (Phi) is 11.1. The van der Waals surface area contributed by atoms with Gasteiger partial charge in [-0.25, -0.2) is 5.48 Å². The minimum absolute atomic E-state index is 0.0199. The zero-order valence-corrected chi connectivity index (χ0v) is 19.7. The molecule has 3 N–H and O–H groups in total. The van der Waals surface area contributed by atoms with Crippen molar-refractivity contribution in [1.82, 2.24) is 16.1 Å². The lowest BCUT2D eigenvalue weighted by atomic mass is 9.94. The van der Waals surface area contributed by atoms with Crippen LogP contribution in [0.4, 0.5) is 0 Å². The Hall–Kier alpha value is -3.19. The minimum atomic E-state index is -0.656. The zero-order valence-electron chi connectivity index (χ0n) is 19.7. The number of aryl methyl sites for hydroxylation is 1. The average molecular weight is 454 g/mol. The third kappa shape index (κ3) is 9.45. The van der Waals surface area contributed by atoms with Crippen molar-refractivity contribution in [2.75, 3.05) is 7.05 Å². The van der Waals surface area contributed by atoms with Gasteiger partial charge in [-0.15, -0.1) is 0 Å². The van der Waals surface area contributed by atoms with Crippen LogP contribution in [0.15, 0.2) is 60.7 Å². The number of nitrogens with one attached hydrogen (secondary N) is 3. The highest BCUT2D eigenvalue weighted by atomic mass is 16.6. The van der Waals surface area contributed by atoms with Gasteiger partial charge in [-0.2, -0.15) is 0 Å². The van der Waals surface area contributed by atoms with Gasteiger partial charge in [-0.05, 0) is 36.3 Å². The van der Waals surface area contributed by atoms with E-state index in [2.05, 4.69) is 16.1 Å². The SMILES string of the molecule is CNC(=O)[C@@H](NC(=O)[C@H](CCCc1ccccc1)CC(=O)NOCc1ccccc1)C(C)C. The summed E-state index contributed by atoms with van der Waals surface area (Å²) in [7, 11) is 1.54. The minimum Gasteiger partial charge on any atom is -0.357 e. The zero-order chi connectivity index (χ0) is 24.1. The van der Waals surface area contributed by atoms with Crippen LogP contribution in [0.25, 0.3) is 0 Å². The fourth-order valence-electron chi connectivity index (χ4n) is 3.52. The monoisotopic (exact) mass is 453 g/mol. The van der Waals surface area contributed by atoms with Crippen LogP contribution in [0, 0.1) is 11.8 Å². The molecule has 0 heterocycles. The predicted octanol–water partition coefficient (Wildman–Crippen LogP) is 3.15. The molecule has 0 aliphatic carbocycles. The van der Waals surface area contributed by atoms with Crippen molar-refractivity contribution in [1.29, 1.82) is 0 Å². The molecule has 3 amide bonds. The second-order valence-electron chi connectivity index (χ2n) is 8.42. The summed E-state index contributed by atoms with van der Waals surface area (Å²) in [6.07, 6.45) is 2.05. The van der Waals surface area contributed by atoms with Crippen LogP contribution in [-0.2, 0) is 32.2 Å². The van der Waals surface area contributed by atoms with Crippen LogP contribution < -0.4 is 16.1 Å². The number of carbonyl (C=O) groups is 3. The average Bonchev–Trinajstić information content (AvgIpc) is 2.82. The second-order valence-corrected chi connectivity index (χ2v) is 8.42. The molecule has 2 aromatic rings. The fraction of sp³-hybridized carbons (Fsp3) is 0.423. The van der Waals surface area contributed by atoms with E-state index >= 15 is 0 Å².